The van der Waals surface area contributed by atoms with Crippen molar-refractivity contribution < 1.29 is 0 Å². The van der Waals surface area contributed by atoms with E-state index in [9.17, 15) is 0 Å². The van der Waals surface area contributed by atoms with Gasteiger partial charge in [-0.15, -0.1) is 24.0 Å². The lowest BCUT2D eigenvalue weighted by Gasteiger charge is -2.32. The Bertz CT molecular complexity index is 289. The highest BCUT2D eigenvalue weighted by Gasteiger charge is 2.34. The highest BCUT2D eigenvalue weighted by molar-refractivity contribution is 14.0. The molecule has 2 rings (SSSR count). The lowest BCUT2D eigenvalue weighted by atomic mass is 9.87. The number of aliphatic imine (C=N–C) groups is 1. The van der Waals surface area contributed by atoms with Gasteiger partial charge >= 0.3 is 0 Å². The molecule has 0 amide bonds. The standard InChI is InChI=1S/C14H27N3.HI/c1-4-14(3)9-10-17(11-14)13(15-5-2)16-12-7-6-8-12;/h12H,4-11H2,1-3H3,(H,15,16);1H. The lowest BCUT2D eigenvalue weighted by Crippen LogP contribution is -2.48. The topological polar surface area (TPSA) is 27.6 Å². The van der Waals surface area contributed by atoms with Gasteiger partial charge in [-0.05, 0) is 44.4 Å². The summed E-state index contributed by atoms with van der Waals surface area (Å²) in [6.45, 7) is 10.1. The van der Waals surface area contributed by atoms with Crippen molar-refractivity contribution in [1.29, 1.82) is 0 Å². The fraction of sp³-hybridized carbons (Fsp3) is 0.929. The minimum absolute atomic E-state index is 0. The van der Waals surface area contributed by atoms with Gasteiger partial charge in [0.15, 0.2) is 5.96 Å². The SMILES string of the molecule is CCN=C(NC1CCC1)N1CCC(C)(CC)C1.I. The average molecular weight is 365 g/mol. The van der Waals surface area contributed by atoms with Crippen molar-refractivity contribution in [2.75, 3.05) is 19.6 Å². The van der Waals surface area contributed by atoms with Crippen molar-refractivity contribution in [3.05, 3.63) is 0 Å². The molecule has 1 aliphatic carbocycles. The highest BCUT2D eigenvalue weighted by Crippen LogP contribution is 2.33. The molecule has 2 aliphatic rings. The summed E-state index contributed by atoms with van der Waals surface area (Å²) >= 11 is 0. The van der Waals surface area contributed by atoms with Crippen LogP contribution in [0.2, 0.25) is 0 Å². The van der Waals surface area contributed by atoms with Crippen LogP contribution in [0, 0.1) is 5.41 Å². The van der Waals surface area contributed by atoms with Crippen molar-refractivity contribution in [3.8, 4) is 0 Å². The van der Waals surface area contributed by atoms with E-state index in [0.717, 1.165) is 12.5 Å². The van der Waals surface area contributed by atoms with Gasteiger partial charge < -0.3 is 10.2 Å². The Morgan fingerprint density at radius 3 is 2.56 bits per heavy atom. The zero-order valence-corrected chi connectivity index (χ0v) is 14.4. The number of hydrogen-bond donors (Lipinski definition) is 1. The smallest absolute Gasteiger partial charge is 0.194 e. The molecule has 4 heteroatoms. The first kappa shape index (κ1) is 16.1. The average Bonchev–Trinajstić information content (AvgIpc) is 2.65. The predicted octanol–water partition coefficient (Wildman–Crippen LogP) is 3.24. The maximum absolute atomic E-state index is 4.66. The van der Waals surface area contributed by atoms with Crippen LogP contribution in [0.3, 0.4) is 0 Å². The van der Waals surface area contributed by atoms with Crippen LogP contribution in [0.25, 0.3) is 0 Å². The van der Waals surface area contributed by atoms with Crippen LogP contribution in [-0.4, -0.2) is 36.5 Å². The van der Waals surface area contributed by atoms with Crippen LogP contribution in [0.1, 0.15) is 52.9 Å². The Balaban J connectivity index is 0.00000162. The third kappa shape index (κ3) is 3.75. The van der Waals surface area contributed by atoms with Crippen molar-refractivity contribution in [2.45, 2.75) is 58.9 Å². The molecule has 1 atom stereocenters. The molecule has 1 heterocycles. The van der Waals surface area contributed by atoms with Crippen molar-refractivity contribution in [2.24, 2.45) is 10.4 Å². The highest BCUT2D eigenvalue weighted by atomic mass is 127. The summed E-state index contributed by atoms with van der Waals surface area (Å²) in [6.07, 6.45) is 6.60. The van der Waals surface area contributed by atoms with Crippen LogP contribution in [-0.2, 0) is 0 Å². The zero-order valence-electron chi connectivity index (χ0n) is 12.0. The second kappa shape index (κ2) is 6.96. The zero-order chi connectivity index (χ0) is 12.3. The number of guanidine groups is 1. The van der Waals surface area contributed by atoms with Gasteiger partial charge in [-0.2, -0.15) is 0 Å². The summed E-state index contributed by atoms with van der Waals surface area (Å²) in [5, 5.41) is 3.63. The number of rotatable bonds is 3. The molecule has 0 aromatic rings. The van der Waals surface area contributed by atoms with Gasteiger partial charge in [-0.3, -0.25) is 4.99 Å². The molecule has 2 fully saturated rings. The maximum atomic E-state index is 4.66. The Labute approximate surface area is 129 Å². The summed E-state index contributed by atoms with van der Waals surface area (Å²) in [4.78, 5) is 7.12. The molecule has 0 bridgehead atoms. The molecule has 0 aromatic heterocycles. The van der Waals surface area contributed by atoms with Gasteiger partial charge in [0.2, 0.25) is 0 Å². The summed E-state index contributed by atoms with van der Waals surface area (Å²) < 4.78 is 0. The van der Waals surface area contributed by atoms with Gasteiger partial charge in [-0.1, -0.05) is 13.8 Å². The molecule has 1 saturated heterocycles. The first-order chi connectivity index (χ1) is 8.17. The van der Waals surface area contributed by atoms with Crippen LogP contribution >= 0.6 is 24.0 Å². The summed E-state index contributed by atoms with van der Waals surface area (Å²) in [7, 11) is 0. The van der Waals surface area contributed by atoms with Crippen LogP contribution in [0.5, 0.6) is 0 Å². The van der Waals surface area contributed by atoms with E-state index in [2.05, 4.69) is 36.0 Å². The molecule has 0 radical (unpaired) electrons. The Hall–Kier alpha value is 0. The number of likely N-dealkylation sites (tertiary alicyclic amines) is 1. The third-order valence-corrected chi connectivity index (χ3v) is 4.46. The van der Waals surface area contributed by atoms with Crippen molar-refractivity contribution >= 4 is 29.9 Å². The summed E-state index contributed by atoms with van der Waals surface area (Å²) in [5.41, 5.74) is 0.496. The van der Waals surface area contributed by atoms with E-state index < -0.39 is 0 Å². The third-order valence-electron chi connectivity index (χ3n) is 4.46. The van der Waals surface area contributed by atoms with E-state index in [1.54, 1.807) is 0 Å². The monoisotopic (exact) mass is 365 g/mol. The first-order valence-corrected chi connectivity index (χ1v) is 7.23. The van der Waals surface area contributed by atoms with Gasteiger partial charge in [0.25, 0.3) is 0 Å². The van der Waals surface area contributed by atoms with Gasteiger partial charge in [0.1, 0.15) is 0 Å². The van der Waals surface area contributed by atoms with Crippen LogP contribution in [0.15, 0.2) is 4.99 Å². The van der Waals surface area contributed by atoms with E-state index in [0.29, 0.717) is 11.5 Å². The number of halogens is 1. The molecule has 3 nitrogen and oxygen atoms in total. The molecule has 106 valence electrons. The quantitative estimate of drug-likeness (QED) is 0.472. The van der Waals surface area contributed by atoms with E-state index in [-0.39, 0.29) is 24.0 Å². The summed E-state index contributed by atoms with van der Waals surface area (Å²) in [5.74, 6) is 1.16. The minimum atomic E-state index is 0. The first-order valence-electron chi connectivity index (χ1n) is 7.23. The predicted molar refractivity (Wildman–Crippen MR) is 88.8 cm³/mol. The Morgan fingerprint density at radius 2 is 2.11 bits per heavy atom. The number of nitrogens with one attached hydrogen (secondary N) is 1. The van der Waals surface area contributed by atoms with Gasteiger partial charge in [0, 0.05) is 25.7 Å². The summed E-state index contributed by atoms with van der Waals surface area (Å²) in [6, 6.07) is 0.689. The number of nitrogens with zero attached hydrogens (tertiary/aromatic N) is 2. The molecular formula is C14H28IN3. The van der Waals surface area contributed by atoms with E-state index in [1.807, 2.05) is 0 Å². The van der Waals surface area contributed by atoms with E-state index >= 15 is 0 Å². The second-order valence-electron chi connectivity index (χ2n) is 5.91. The molecular weight excluding hydrogens is 337 g/mol. The van der Waals surface area contributed by atoms with Gasteiger partial charge in [0.05, 0.1) is 0 Å². The molecule has 1 N–H and O–H groups in total. The minimum Gasteiger partial charge on any atom is -0.354 e. The number of hydrogen-bond acceptors (Lipinski definition) is 1. The molecule has 1 unspecified atom stereocenters. The molecule has 1 aliphatic heterocycles. The van der Waals surface area contributed by atoms with E-state index in [1.165, 1.54) is 45.2 Å². The molecule has 0 spiro atoms. The normalized spacial score (nSPS) is 28.8. The fourth-order valence-corrected chi connectivity index (χ4v) is 2.61. The largest absolute Gasteiger partial charge is 0.354 e. The molecule has 18 heavy (non-hydrogen) atoms. The van der Waals surface area contributed by atoms with Crippen molar-refractivity contribution in [1.82, 2.24) is 10.2 Å². The Kier molecular flexibility index (Phi) is 6.21. The molecule has 1 saturated carbocycles. The lowest BCUT2D eigenvalue weighted by molar-refractivity contribution is 0.313. The van der Waals surface area contributed by atoms with Gasteiger partial charge in [-0.25, -0.2) is 0 Å². The van der Waals surface area contributed by atoms with Crippen LogP contribution in [0.4, 0.5) is 0 Å². The fourth-order valence-electron chi connectivity index (χ4n) is 2.61. The second-order valence-corrected chi connectivity index (χ2v) is 5.91. The Morgan fingerprint density at radius 1 is 1.39 bits per heavy atom. The van der Waals surface area contributed by atoms with Crippen molar-refractivity contribution in [3.63, 3.8) is 0 Å². The van der Waals surface area contributed by atoms with Crippen LogP contribution < -0.4 is 5.32 Å². The molecule has 0 aromatic carbocycles. The maximum Gasteiger partial charge on any atom is 0.194 e. The van der Waals surface area contributed by atoms with E-state index in [4.69, 9.17) is 0 Å².